The number of carbonyl (C=O) groups is 2. The summed E-state index contributed by atoms with van der Waals surface area (Å²) in [6.45, 7) is 1.60. The van der Waals surface area contributed by atoms with Crippen LogP contribution in [0.25, 0.3) is 5.69 Å². The summed E-state index contributed by atoms with van der Waals surface area (Å²) < 4.78 is 15.4. The largest absolute Gasteiger partial charge is 0.324 e. The number of hydrogen-bond acceptors (Lipinski definition) is 5. The summed E-state index contributed by atoms with van der Waals surface area (Å²) in [6.07, 6.45) is 0. The van der Waals surface area contributed by atoms with E-state index in [0.717, 1.165) is 4.90 Å². The molecular formula is C20H15FN4O3S. The molecule has 9 heteroatoms. The Labute approximate surface area is 168 Å². The number of nitrogens with zero attached hydrogens (tertiary/aromatic N) is 2. The van der Waals surface area contributed by atoms with Gasteiger partial charge in [-0.2, -0.15) is 5.10 Å². The molecule has 29 heavy (non-hydrogen) atoms. The maximum Gasteiger partial charge on any atom is 0.280 e. The second kappa shape index (κ2) is 7.51. The Morgan fingerprint density at radius 3 is 2.79 bits per heavy atom. The third kappa shape index (κ3) is 3.77. The molecule has 1 aliphatic rings. The summed E-state index contributed by atoms with van der Waals surface area (Å²) in [7, 11) is 0. The molecule has 0 bridgehead atoms. The lowest BCUT2D eigenvalue weighted by atomic mass is 10.2. The van der Waals surface area contributed by atoms with Crippen LogP contribution in [0.15, 0.2) is 58.2 Å². The van der Waals surface area contributed by atoms with E-state index < -0.39 is 17.2 Å². The highest BCUT2D eigenvalue weighted by atomic mass is 32.2. The van der Waals surface area contributed by atoms with Gasteiger partial charge in [0.05, 0.1) is 11.4 Å². The number of fused-ring (bicyclic) bond motifs is 1. The molecule has 0 aliphatic carbocycles. The van der Waals surface area contributed by atoms with Gasteiger partial charge in [-0.3, -0.25) is 14.4 Å². The zero-order valence-corrected chi connectivity index (χ0v) is 16.0. The lowest BCUT2D eigenvalue weighted by Gasteiger charge is -2.17. The minimum absolute atomic E-state index is 0.126. The first-order valence-corrected chi connectivity index (χ1v) is 9.65. The van der Waals surface area contributed by atoms with Crippen LogP contribution in [0, 0.1) is 12.7 Å². The molecule has 7 nitrogen and oxygen atoms in total. The van der Waals surface area contributed by atoms with Gasteiger partial charge in [-0.15, -0.1) is 11.8 Å². The van der Waals surface area contributed by atoms with Crippen LogP contribution in [0.2, 0.25) is 0 Å². The van der Waals surface area contributed by atoms with Crippen molar-refractivity contribution in [2.75, 3.05) is 16.4 Å². The van der Waals surface area contributed by atoms with E-state index in [1.807, 2.05) is 0 Å². The number of aryl methyl sites for hydroxylation is 1. The lowest BCUT2D eigenvalue weighted by molar-refractivity contribution is -0.113. The van der Waals surface area contributed by atoms with Gasteiger partial charge in [0.2, 0.25) is 11.3 Å². The molecule has 3 aromatic rings. The third-order valence-corrected chi connectivity index (χ3v) is 5.35. The Morgan fingerprint density at radius 1 is 1.21 bits per heavy atom. The average molecular weight is 410 g/mol. The Kier molecular flexibility index (Phi) is 4.89. The molecule has 0 fully saturated rings. The minimum atomic E-state index is -0.727. The highest BCUT2D eigenvalue weighted by Gasteiger charge is 2.19. The fraction of sp³-hybridized carbons (Fsp3) is 0.100. The van der Waals surface area contributed by atoms with Crippen molar-refractivity contribution in [2.45, 2.75) is 11.8 Å². The molecule has 0 saturated heterocycles. The number of carbonyl (C=O) groups excluding carboxylic acids is 2. The first-order valence-electron chi connectivity index (χ1n) is 8.66. The highest BCUT2D eigenvalue weighted by molar-refractivity contribution is 8.00. The number of thioether (sulfide) groups is 1. The van der Waals surface area contributed by atoms with Gasteiger partial charge in [0.25, 0.3) is 5.91 Å². The fourth-order valence-electron chi connectivity index (χ4n) is 2.92. The summed E-state index contributed by atoms with van der Waals surface area (Å²) in [5.41, 5.74) is 0.572. The molecule has 0 spiro atoms. The van der Waals surface area contributed by atoms with E-state index in [2.05, 4.69) is 15.7 Å². The Hall–Kier alpha value is -3.46. The highest BCUT2D eigenvalue weighted by Crippen LogP contribution is 2.33. The summed E-state index contributed by atoms with van der Waals surface area (Å²) in [4.78, 5) is 37.4. The van der Waals surface area contributed by atoms with E-state index in [9.17, 15) is 18.8 Å². The molecule has 0 atom stereocenters. The molecular weight excluding hydrogens is 395 g/mol. The number of amides is 2. The monoisotopic (exact) mass is 410 g/mol. The predicted molar refractivity (Wildman–Crippen MR) is 108 cm³/mol. The van der Waals surface area contributed by atoms with Crippen LogP contribution in [0.3, 0.4) is 0 Å². The van der Waals surface area contributed by atoms with Crippen molar-refractivity contribution in [3.05, 3.63) is 76.0 Å². The van der Waals surface area contributed by atoms with Crippen molar-refractivity contribution in [3.63, 3.8) is 0 Å². The summed E-state index contributed by atoms with van der Waals surface area (Å²) in [5.74, 6) is -1.04. The van der Waals surface area contributed by atoms with Crippen molar-refractivity contribution < 1.29 is 14.0 Å². The average Bonchev–Trinajstić information content (AvgIpc) is 2.68. The number of rotatable bonds is 3. The topological polar surface area (TPSA) is 93.1 Å². The van der Waals surface area contributed by atoms with Gasteiger partial charge in [0.15, 0.2) is 5.69 Å². The smallest absolute Gasteiger partial charge is 0.280 e. The zero-order chi connectivity index (χ0) is 20.5. The van der Waals surface area contributed by atoms with E-state index in [1.54, 1.807) is 31.2 Å². The van der Waals surface area contributed by atoms with Gasteiger partial charge >= 0.3 is 0 Å². The van der Waals surface area contributed by atoms with Crippen LogP contribution in [-0.4, -0.2) is 27.3 Å². The minimum Gasteiger partial charge on any atom is -0.324 e. The quantitative estimate of drug-likeness (QED) is 0.693. The van der Waals surface area contributed by atoms with Crippen LogP contribution >= 0.6 is 11.8 Å². The van der Waals surface area contributed by atoms with Gasteiger partial charge in [0, 0.05) is 22.3 Å². The van der Waals surface area contributed by atoms with Crippen LogP contribution in [0.1, 0.15) is 16.2 Å². The first-order chi connectivity index (χ1) is 13.9. The van der Waals surface area contributed by atoms with Crippen LogP contribution in [0.5, 0.6) is 0 Å². The van der Waals surface area contributed by atoms with E-state index in [1.165, 1.54) is 40.7 Å². The molecule has 1 aliphatic heterocycles. The number of nitrogens with one attached hydrogen (secondary N) is 2. The van der Waals surface area contributed by atoms with Crippen LogP contribution in [0.4, 0.5) is 15.8 Å². The van der Waals surface area contributed by atoms with E-state index in [0.29, 0.717) is 22.8 Å². The van der Waals surface area contributed by atoms with Gasteiger partial charge in [0.1, 0.15) is 11.5 Å². The second-order valence-electron chi connectivity index (χ2n) is 6.36. The summed E-state index contributed by atoms with van der Waals surface area (Å²) in [6, 6.07) is 12.2. The van der Waals surface area contributed by atoms with Gasteiger partial charge in [-0.05, 0) is 37.3 Å². The summed E-state index contributed by atoms with van der Waals surface area (Å²) >= 11 is 1.40. The molecule has 2 aromatic carbocycles. The van der Waals surface area contributed by atoms with Crippen LogP contribution < -0.4 is 16.1 Å². The van der Waals surface area contributed by atoms with Gasteiger partial charge in [-0.1, -0.05) is 12.1 Å². The van der Waals surface area contributed by atoms with E-state index in [4.69, 9.17) is 0 Å². The molecule has 2 heterocycles. The summed E-state index contributed by atoms with van der Waals surface area (Å²) in [5, 5.41) is 9.42. The number of hydrogen-bond donors (Lipinski definition) is 2. The molecule has 0 radical (unpaired) electrons. The molecule has 146 valence electrons. The van der Waals surface area contributed by atoms with Crippen molar-refractivity contribution in [1.29, 1.82) is 0 Å². The van der Waals surface area contributed by atoms with Crippen molar-refractivity contribution >= 4 is 35.0 Å². The number of aromatic nitrogens is 2. The Bertz CT molecular complexity index is 1210. The number of para-hydroxylation sites is 1. The second-order valence-corrected chi connectivity index (χ2v) is 7.38. The van der Waals surface area contributed by atoms with Gasteiger partial charge in [-0.25, -0.2) is 9.07 Å². The SMILES string of the molecule is Cc1cc(=O)c(C(=O)Nc2ccc3c(c2)NC(=O)CS3)nn1-c1ccccc1F. The third-order valence-electron chi connectivity index (χ3n) is 4.27. The maximum atomic E-state index is 14.2. The normalized spacial score (nSPS) is 12.8. The fourth-order valence-corrected chi connectivity index (χ4v) is 3.71. The molecule has 0 saturated carbocycles. The first kappa shape index (κ1) is 18.9. The van der Waals surface area contributed by atoms with Crippen molar-refractivity contribution in [1.82, 2.24) is 9.78 Å². The molecule has 4 rings (SSSR count). The maximum absolute atomic E-state index is 14.2. The number of halogens is 1. The number of anilines is 2. The molecule has 2 amide bonds. The predicted octanol–water partition coefficient (Wildman–Crippen LogP) is 2.98. The van der Waals surface area contributed by atoms with Gasteiger partial charge < -0.3 is 10.6 Å². The van der Waals surface area contributed by atoms with E-state index >= 15 is 0 Å². The molecule has 2 N–H and O–H groups in total. The van der Waals surface area contributed by atoms with Crippen LogP contribution in [-0.2, 0) is 4.79 Å². The number of benzene rings is 2. The molecule has 0 unspecified atom stereocenters. The van der Waals surface area contributed by atoms with E-state index in [-0.39, 0.29) is 17.3 Å². The van der Waals surface area contributed by atoms with Crippen molar-refractivity contribution in [2.24, 2.45) is 0 Å². The zero-order valence-electron chi connectivity index (χ0n) is 15.2. The standard InChI is InChI=1S/C20H15FN4O3S/c1-11-8-16(26)19(24-25(11)15-5-3-2-4-13(15)21)20(28)22-12-6-7-17-14(9-12)23-18(27)10-29-17/h2-9H,10H2,1H3,(H,22,28)(H,23,27). The Morgan fingerprint density at radius 2 is 2.00 bits per heavy atom. The lowest BCUT2D eigenvalue weighted by Crippen LogP contribution is -2.27. The Balaban J connectivity index is 1.67. The molecule has 1 aromatic heterocycles. The van der Waals surface area contributed by atoms with Crippen molar-refractivity contribution in [3.8, 4) is 5.69 Å².